The molecule has 5 rings (SSSR count). The summed E-state index contributed by atoms with van der Waals surface area (Å²) in [4.78, 5) is 16.3. The third kappa shape index (κ3) is 4.70. The molecular formula is C23H18N6O3S. The molecular weight excluding hydrogens is 440 g/mol. The van der Waals surface area contributed by atoms with Gasteiger partial charge < -0.3 is 9.47 Å². The van der Waals surface area contributed by atoms with Gasteiger partial charge in [-0.3, -0.25) is 14.3 Å². The van der Waals surface area contributed by atoms with Crippen LogP contribution in [0.5, 0.6) is 11.5 Å². The Morgan fingerprint density at radius 3 is 2.82 bits per heavy atom. The number of carbonyl (C=O) groups is 1. The Morgan fingerprint density at radius 1 is 1.09 bits per heavy atom. The Morgan fingerprint density at radius 2 is 1.97 bits per heavy atom. The van der Waals surface area contributed by atoms with E-state index in [2.05, 4.69) is 25.7 Å². The lowest BCUT2D eigenvalue weighted by Crippen LogP contribution is -2.20. The number of fused-ring (bicyclic) bond motifs is 1. The summed E-state index contributed by atoms with van der Waals surface area (Å²) < 4.78 is 12.8. The lowest BCUT2D eigenvalue weighted by molar-refractivity contribution is -0.118. The molecule has 0 spiro atoms. The summed E-state index contributed by atoms with van der Waals surface area (Å²) in [7, 11) is 0. The second kappa shape index (κ2) is 9.53. The highest BCUT2D eigenvalue weighted by Gasteiger charge is 2.20. The zero-order chi connectivity index (χ0) is 22.5. The molecule has 0 saturated heterocycles. The van der Waals surface area contributed by atoms with E-state index in [-0.39, 0.29) is 18.5 Å². The standard InChI is InChI=1S/C23H18N6O3S/c30-21(26-25-13-16-5-4-10-24-12-16)14-33-23-28-27-22(29(23)18-6-2-1-3-7-18)17-8-9-19-20(11-17)32-15-31-19/h1-13H,14-15H2,(H,26,30). The van der Waals surface area contributed by atoms with Crippen molar-refractivity contribution in [2.75, 3.05) is 12.5 Å². The van der Waals surface area contributed by atoms with Gasteiger partial charge in [-0.25, -0.2) is 5.43 Å². The summed E-state index contributed by atoms with van der Waals surface area (Å²) in [6.45, 7) is 0.198. The lowest BCUT2D eigenvalue weighted by Gasteiger charge is -2.10. The number of hydrogen-bond acceptors (Lipinski definition) is 8. The van der Waals surface area contributed by atoms with Crippen molar-refractivity contribution >= 4 is 23.9 Å². The van der Waals surface area contributed by atoms with E-state index in [1.54, 1.807) is 24.7 Å². The first-order valence-corrected chi connectivity index (χ1v) is 11.0. The van der Waals surface area contributed by atoms with Crippen LogP contribution in [-0.2, 0) is 4.79 Å². The van der Waals surface area contributed by atoms with Gasteiger partial charge >= 0.3 is 0 Å². The first-order chi connectivity index (χ1) is 16.3. The second-order valence-electron chi connectivity index (χ2n) is 6.91. The number of amides is 1. The molecule has 1 aliphatic heterocycles. The number of para-hydroxylation sites is 1. The molecule has 4 aromatic rings. The summed E-state index contributed by atoms with van der Waals surface area (Å²) in [5.41, 5.74) is 5.02. The van der Waals surface area contributed by atoms with E-state index >= 15 is 0 Å². The highest BCUT2D eigenvalue weighted by Crippen LogP contribution is 2.36. The highest BCUT2D eigenvalue weighted by molar-refractivity contribution is 7.99. The SMILES string of the molecule is O=C(CSc1nnc(-c2ccc3c(c2)OCO3)n1-c1ccccc1)NN=Cc1cccnc1. The quantitative estimate of drug-likeness (QED) is 0.257. The van der Waals surface area contributed by atoms with Crippen LogP contribution in [0.4, 0.5) is 0 Å². The molecule has 0 radical (unpaired) electrons. The molecule has 10 heteroatoms. The van der Waals surface area contributed by atoms with Crippen LogP contribution < -0.4 is 14.9 Å². The first kappa shape index (κ1) is 20.7. The van der Waals surface area contributed by atoms with Crippen molar-refractivity contribution in [3.05, 3.63) is 78.6 Å². The third-order valence-electron chi connectivity index (χ3n) is 4.70. The van der Waals surface area contributed by atoms with Gasteiger partial charge in [0.2, 0.25) is 6.79 Å². The fraction of sp³-hybridized carbons (Fsp3) is 0.0870. The fourth-order valence-corrected chi connectivity index (χ4v) is 3.93. The highest BCUT2D eigenvalue weighted by atomic mass is 32.2. The predicted octanol–water partition coefficient (Wildman–Crippen LogP) is 3.30. The average Bonchev–Trinajstić information content (AvgIpc) is 3.50. The fourth-order valence-electron chi connectivity index (χ4n) is 3.19. The number of thioether (sulfide) groups is 1. The van der Waals surface area contributed by atoms with Crippen LogP contribution in [0.1, 0.15) is 5.56 Å². The molecule has 2 aromatic heterocycles. The average molecular weight is 459 g/mol. The molecule has 0 bridgehead atoms. The largest absolute Gasteiger partial charge is 0.454 e. The van der Waals surface area contributed by atoms with Crippen molar-refractivity contribution in [2.45, 2.75) is 5.16 Å². The minimum atomic E-state index is -0.257. The van der Waals surface area contributed by atoms with Crippen molar-refractivity contribution in [1.82, 2.24) is 25.2 Å². The number of carbonyl (C=O) groups excluding carboxylic acids is 1. The Bertz CT molecular complexity index is 1290. The number of benzene rings is 2. The second-order valence-corrected chi connectivity index (χ2v) is 7.86. The van der Waals surface area contributed by atoms with Crippen molar-refractivity contribution in [3.8, 4) is 28.6 Å². The van der Waals surface area contributed by atoms with E-state index in [4.69, 9.17) is 9.47 Å². The normalized spacial score (nSPS) is 12.2. The van der Waals surface area contributed by atoms with Crippen LogP contribution >= 0.6 is 11.8 Å². The van der Waals surface area contributed by atoms with Gasteiger partial charge in [-0.15, -0.1) is 10.2 Å². The van der Waals surface area contributed by atoms with Crippen LogP contribution in [0, 0.1) is 0 Å². The number of pyridine rings is 1. The van der Waals surface area contributed by atoms with Crippen molar-refractivity contribution in [3.63, 3.8) is 0 Å². The van der Waals surface area contributed by atoms with Crippen LogP contribution in [0.3, 0.4) is 0 Å². The summed E-state index contributed by atoms with van der Waals surface area (Å²) in [5, 5.41) is 13.3. The molecule has 0 atom stereocenters. The Kier molecular flexibility index (Phi) is 5.98. The molecule has 0 aliphatic carbocycles. The summed E-state index contributed by atoms with van der Waals surface area (Å²) in [6.07, 6.45) is 4.87. The lowest BCUT2D eigenvalue weighted by atomic mass is 10.2. The Hall–Kier alpha value is -4.18. The van der Waals surface area contributed by atoms with E-state index in [9.17, 15) is 4.79 Å². The van der Waals surface area contributed by atoms with Crippen LogP contribution in [0.2, 0.25) is 0 Å². The van der Waals surface area contributed by atoms with E-state index in [0.29, 0.717) is 22.5 Å². The van der Waals surface area contributed by atoms with Crippen molar-refractivity contribution in [1.29, 1.82) is 0 Å². The number of hydrogen-bond donors (Lipinski definition) is 1. The van der Waals surface area contributed by atoms with E-state index in [1.165, 1.54) is 11.8 Å². The van der Waals surface area contributed by atoms with Gasteiger partial charge in [0, 0.05) is 29.2 Å². The molecule has 1 amide bonds. The zero-order valence-electron chi connectivity index (χ0n) is 17.3. The molecule has 9 nitrogen and oxygen atoms in total. The van der Waals surface area contributed by atoms with Crippen molar-refractivity contribution < 1.29 is 14.3 Å². The van der Waals surface area contributed by atoms with Gasteiger partial charge in [0.1, 0.15) is 0 Å². The summed E-state index contributed by atoms with van der Waals surface area (Å²) in [5.74, 6) is 1.86. The number of rotatable bonds is 7. The summed E-state index contributed by atoms with van der Waals surface area (Å²) >= 11 is 1.27. The molecule has 3 heterocycles. The van der Waals surface area contributed by atoms with Gasteiger partial charge in [0.05, 0.1) is 12.0 Å². The monoisotopic (exact) mass is 458 g/mol. The van der Waals surface area contributed by atoms with Gasteiger partial charge in [-0.05, 0) is 36.4 Å². The first-order valence-electron chi connectivity index (χ1n) is 10.0. The Labute approximate surface area is 193 Å². The van der Waals surface area contributed by atoms with Gasteiger partial charge in [0.25, 0.3) is 5.91 Å². The van der Waals surface area contributed by atoms with Crippen molar-refractivity contribution in [2.24, 2.45) is 5.10 Å². The van der Waals surface area contributed by atoms with E-state index in [1.807, 2.05) is 59.2 Å². The number of hydrazone groups is 1. The molecule has 1 aliphatic rings. The maximum absolute atomic E-state index is 12.3. The third-order valence-corrected chi connectivity index (χ3v) is 5.63. The number of nitrogens with one attached hydrogen (secondary N) is 1. The maximum atomic E-state index is 12.3. The molecule has 0 unspecified atom stereocenters. The molecule has 0 saturated carbocycles. The summed E-state index contributed by atoms with van der Waals surface area (Å²) in [6, 6.07) is 19.0. The topological polar surface area (TPSA) is 104 Å². The maximum Gasteiger partial charge on any atom is 0.250 e. The minimum Gasteiger partial charge on any atom is -0.454 e. The Balaban J connectivity index is 1.35. The number of ether oxygens (including phenoxy) is 2. The zero-order valence-corrected chi connectivity index (χ0v) is 18.1. The van der Waals surface area contributed by atoms with Crippen LogP contribution in [-0.4, -0.2) is 44.4 Å². The number of nitrogens with zero attached hydrogens (tertiary/aromatic N) is 5. The smallest absolute Gasteiger partial charge is 0.250 e. The molecule has 1 N–H and O–H groups in total. The van der Waals surface area contributed by atoms with Gasteiger partial charge in [-0.1, -0.05) is 36.0 Å². The van der Waals surface area contributed by atoms with Gasteiger partial charge in [-0.2, -0.15) is 5.10 Å². The molecule has 0 fully saturated rings. The van der Waals surface area contributed by atoms with Crippen LogP contribution in [0.25, 0.3) is 17.1 Å². The number of aromatic nitrogens is 4. The minimum absolute atomic E-state index is 0.122. The van der Waals surface area contributed by atoms with Crippen LogP contribution in [0.15, 0.2) is 83.3 Å². The van der Waals surface area contributed by atoms with E-state index in [0.717, 1.165) is 16.8 Å². The van der Waals surface area contributed by atoms with Gasteiger partial charge in [0.15, 0.2) is 22.5 Å². The molecule has 164 valence electrons. The van der Waals surface area contributed by atoms with E-state index < -0.39 is 0 Å². The molecule has 33 heavy (non-hydrogen) atoms. The molecule has 2 aromatic carbocycles. The predicted molar refractivity (Wildman–Crippen MR) is 124 cm³/mol.